The highest BCUT2D eigenvalue weighted by atomic mass is 32.2. The molecule has 2 aromatic heterocycles. The lowest BCUT2D eigenvalue weighted by atomic mass is 9.94. The number of aromatic amines is 1. The van der Waals surface area contributed by atoms with Gasteiger partial charge in [-0.25, -0.2) is 0 Å². The number of carbonyl (C=O) groups excluding carboxylic acids is 2. The highest BCUT2D eigenvalue weighted by molar-refractivity contribution is 8.14. The first-order valence-electron chi connectivity index (χ1n) is 10.6. The number of hydrogen-bond acceptors (Lipinski definition) is 5. The maximum atomic E-state index is 13.1. The molecular formula is C25H25N3O2S2. The Kier molecular flexibility index (Phi) is 7.09. The molecule has 4 N–H and O–H groups in total. The number of thiophene rings is 1. The predicted octanol–water partition coefficient (Wildman–Crippen LogP) is 5.80. The molecule has 0 aliphatic heterocycles. The lowest BCUT2D eigenvalue weighted by Gasteiger charge is -2.16. The number of anilines is 1. The van der Waals surface area contributed by atoms with Crippen LogP contribution in [-0.4, -0.2) is 22.6 Å². The van der Waals surface area contributed by atoms with Gasteiger partial charge in [0.1, 0.15) is 0 Å². The van der Waals surface area contributed by atoms with Crippen molar-refractivity contribution in [1.82, 2.24) is 4.98 Å². The summed E-state index contributed by atoms with van der Waals surface area (Å²) in [7, 11) is 0. The lowest BCUT2D eigenvalue weighted by molar-refractivity contribution is -0.117. The predicted molar refractivity (Wildman–Crippen MR) is 134 cm³/mol. The largest absolute Gasteiger partial charge is 0.357 e. The first kappa shape index (κ1) is 22.3. The van der Waals surface area contributed by atoms with Gasteiger partial charge in [0.2, 0.25) is 11.0 Å². The first-order valence-corrected chi connectivity index (χ1v) is 12.3. The number of nitrogens with two attached hydrogens (primary N) is 1. The van der Waals surface area contributed by atoms with Gasteiger partial charge in [0.05, 0.1) is 10.8 Å². The molecule has 1 amide bonds. The molecule has 0 bridgehead atoms. The summed E-state index contributed by atoms with van der Waals surface area (Å²) in [5.74, 6) is -0.403. The van der Waals surface area contributed by atoms with Crippen LogP contribution in [0.2, 0.25) is 0 Å². The van der Waals surface area contributed by atoms with Gasteiger partial charge in [0.25, 0.3) is 0 Å². The molecule has 0 saturated carbocycles. The van der Waals surface area contributed by atoms with Gasteiger partial charge in [-0.3, -0.25) is 9.59 Å². The van der Waals surface area contributed by atoms with Crippen LogP contribution in [0.3, 0.4) is 0 Å². The summed E-state index contributed by atoms with van der Waals surface area (Å²) in [6, 6.07) is 19.2. The fraction of sp³-hybridized carbons (Fsp3) is 0.200. The van der Waals surface area contributed by atoms with Crippen molar-refractivity contribution in [2.24, 2.45) is 5.73 Å². The van der Waals surface area contributed by atoms with Gasteiger partial charge in [-0.05, 0) is 66.4 Å². The molecule has 1 unspecified atom stereocenters. The Hall–Kier alpha value is -2.87. The molecule has 1 atom stereocenters. The highest BCUT2D eigenvalue weighted by Gasteiger charge is 2.21. The van der Waals surface area contributed by atoms with Crippen LogP contribution < -0.4 is 11.1 Å². The fourth-order valence-electron chi connectivity index (χ4n) is 3.73. The van der Waals surface area contributed by atoms with Crippen LogP contribution in [0.5, 0.6) is 0 Å². The molecule has 0 aliphatic rings. The van der Waals surface area contributed by atoms with Gasteiger partial charge in [0.15, 0.2) is 0 Å². The zero-order valence-corrected chi connectivity index (χ0v) is 19.4. The van der Waals surface area contributed by atoms with Gasteiger partial charge in [-0.1, -0.05) is 43.3 Å². The van der Waals surface area contributed by atoms with E-state index in [0.29, 0.717) is 18.7 Å². The molecule has 0 saturated heterocycles. The van der Waals surface area contributed by atoms with Crippen LogP contribution in [0.25, 0.3) is 10.9 Å². The van der Waals surface area contributed by atoms with Crippen LogP contribution in [0.4, 0.5) is 5.69 Å². The number of aryl methyl sites for hydroxylation is 1. The lowest BCUT2D eigenvalue weighted by Crippen LogP contribution is -2.23. The number of hydrogen-bond donors (Lipinski definition) is 3. The minimum Gasteiger partial charge on any atom is -0.357 e. The number of thioether (sulfide) groups is 1. The second kappa shape index (κ2) is 10.2. The number of carbonyl (C=O) groups is 2. The Morgan fingerprint density at radius 2 is 1.94 bits per heavy atom. The summed E-state index contributed by atoms with van der Waals surface area (Å²) in [4.78, 5) is 30.9. The highest BCUT2D eigenvalue weighted by Crippen LogP contribution is 2.36. The van der Waals surface area contributed by atoms with Crippen molar-refractivity contribution in [1.29, 1.82) is 0 Å². The second-order valence-electron chi connectivity index (χ2n) is 7.44. The minimum absolute atomic E-state index is 0.0251. The van der Waals surface area contributed by atoms with E-state index in [1.807, 2.05) is 66.0 Å². The summed E-state index contributed by atoms with van der Waals surface area (Å²) in [5, 5.41) is 5.92. The average Bonchev–Trinajstić information content (AvgIpc) is 3.46. The van der Waals surface area contributed by atoms with E-state index in [1.165, 1.54) is 23.1 Å². The van der Waals surface area contributed by atoms with Crippen LogP contribution in [0.1, 0.15) is 40.2 Å². The van der Waals surface area contributed by atoms with Gasteiger partial charge in [0, 0.05) is 27.2 Å². The molecule has 0 radical (unpaired) electrons. The van der Waals surface area contributed by atoms with Crippen LogP contribution >= 0.6 is 23.1 Å². The number of fused-ring (bicyclic) bond motifs is 1. The van der Waals surface area contributed by atoms with Crippen LogP contribution in [-0.2, 0) is 11.2 Å². The fourth-order valence-corrected chi connectivity index (χ4v) is 5.51. The molecule has 5 nitrogen and oxygen atoms in total. The molecule has 0 spiro atoms. The number of aromatic nitrogens is 1. The third-order valence-corrected chi connectivity index (χ3v) is 7.41. The molecule has 164 valence electrons. The third-order valence-electron chi connectivity index (χ3n) is 5.34. The smallest absolute Gasteiger partial charge is 0.234 e. The van der Waals surface area contributed by atoms with Crippen molar-refractivity contribution >= 4 is 50.7 Å². The Morgan fingerprint density at radius 3 is 2.62 bits per heavy atom. The molecule has 2 aromatic carbocycles. The number of amides is 1. The van der Waals surface area contributed by atoms with E-state index in [-0.39, 0.29) is 16.9 Å². The molecular weight excluding hydrogens is 438 g/mol. The zero-order chi connectivity index (χ0) is 22.5. The van der Waals surface area contributed by atoms with E-state index >= 15 is 0 Å². The van der Waals surface area contributed by atoms with Crippen molar-refractivity contribution < 1.29 is 9.59 Å². The monoisotopic (exact) mass is 463 g/mol. The van der Waals surface area contributed by atoms with Crippen molar-refractivity contribution in [2.45, 2.75) is 30.6 Å². The van der Waals surface area contributed by atoms with E-state index in [4.69, 9.17) is 5.73 Å². The average molecular weight is 464 g/mol. The number of nitrogens with one attached hydrogen (secondary N) is 2. The van der Waals surface area contributed by atoms with Crippen molar-refractivity contribution in [3.63, 3.8) is 0 Å². The normalized spacial score (nSPS) is 12.1. The zero-order valence-electron chi connectivity index (χ0n) is 17.8. The number of H-pyrrole nitrogens is 1. The van der Waals surface area contributed by atoms with Gasteiger partial charge < -0.3 is 16.0 Å². The van der Waals surface area contributed by atoms with E-state index < -0.39 is 0 Å². The topological polar surface area (TPSA) is 88.0 Å². The molecule has 32 heavy (non-hydrogen) atoms. The summed E-state index contributed by atoms with van der Waals surface area (Å²) >= 11 is 2.68. The van der Waals surface area contributed by atoms with Crippen LogP contribution in [0.15, 0.2) is 70.9 Å². The molecule has 4 rings (SSSR count). The molecule has 2 heterocycles. The maximum absolute atomic E-state index is 13.1. The molecule has 0 aliphatic carbocycles. The van der Waals surface area contributed by atoms with Crippen molar-refractivity contribution in [3.8, 4) is 0 Å². The summed E-state index contributed by atoms with van der Waals surface area (Å²) < 4.78 is 0. The third kappa shape index (κ3) is 4.80. The standard InChI is InChI=1S/C25H25N3O2S2/c1-2-20-23(32-25(30)22-9-6-14-31-22)19-15-17(10-11-21(19)28-20)27-24(29)18(12-13-26)16-7-4-3-5-8-16/h3-11,14-15,18,28H,2,12-13,26H2,1H3,(H,27,29). The Labute approximate surface area is 195 Å². The van der Waals surface area contributed by atoms with E-state index in [2.05, 4.69) is 17.2 Å². The SMILES string of the molecule is CCc1[nH]c2ccc(NC(=O)C(CCN)c3ccccc3)cc2c1SC(=O)c1cccs1. The van der Waals surface area contributed by atoms with Gasteiger partial charge >= 0.3 is 0 Å². The van der Waals surface area contributed by atoms with E-state index in [0.717, 1.165) is 38.4 Å². The summed E-state index contributed by atoms with van der Waals surface area (Å²) in [6.45, 7) is 2.49. The maximum Gasteiger partial charge on any atom is 0.234 e. The first-order chi connectivity index (χ1) is 15.6. The molecule has 0 fully saturated rings. The number of benzene rings is 2. The Balaban J connectivity index is 1.62. The Bertz CT molecular complexity index is 1220. The van der Waals surface area contributed by atoms with Gasteiger partial charge in [-0.2, -0.15) is 0 Å². The van der Waals surface area contributed by atoms with Crippen molar-refractivity contribution in [3.05, 3.63) is 82.2 Å². The van der Waals surface area contributed by atoms with Crippen LogP contribution in [0, 0.1) is 0 Å². The second-order valence-corrected chi connectivity index (χ2v) is 9.37. The summed E-state index contributed by atoms with van der Waals surface area (Å²) in [6.07, 6.45) is 1.35. The Morgan fingerprint density at radius 1 is 1.12 bits per heavy atom. The summed E-state index contributed by atoms with van der Waals surface area (Å²) in [5.41, 5.74) is 9.39. The van der Waals surface area contributed by atoms with E-state index in [9.17, 15) is 9.59 Å². The van der Waals surface area contributed by atoms with Gasteiger partial charge in [-0.15, -0.1) is 11.3 Å². The molecule has 7 heteroatoms. The number of rotatable bonds is 8. The van der Waals surface area contributed by atoms with Crippen molar-refractivity contribution in [2.75, 3.05) is 11.9 Å². The van der Waals surface area contributed by atoms with E-state index in [1.54, 1.807) is 0 Å². The molecule has 4 aromatic rings. The minimum atomic E-state index is -0.316. The quantitative estimate of drug-likeness (QED) is 0.288.